The van der Waals surface area contributed by atoms with E-state index in [1.165, 1.54) is 24.2 Å². The Morgan fingerprint density at radius 3 is 2.66 bits per heavy atom. The molecule has 0 amide bonds. The third-order valence-corrected chi connectivity index (χ3v) is 6.61. The number of thioether (sulfide) groups is 1. The molecule has 8 heteroatoms. The average Bonchev–Trinajstić information content (AvgIpc) is 2.81. The van der Waals surface area contributed by atoms with Gasteiger partial charge in [0, 0.05) is 32.9 Å². The molecule has 1 heterocycles. The van der Waals surface area contributed by atoms with Crippen LogP contribution >= 0.6 is 27.7 Å². The van der Waals surface area contributed by atoms with Crippen molar-refractivity contribution in [3.05, 3.63) is 82.3 Å². The second-order valence-electron chi connectivity index (χ2n) is 7.05. The molecule has 2 N–H and O–H groups in total. The first kappa shape index (κ1) is 22.2. The van der Waals surface area contributed by atoms with Gasteiger partial charge in [-0.15, -0.1) is 11.8 Å². The second-order valence-corrected chi connectivity index (χ2v) is 8.75. The lowest BCUT2D eigenvalue weighted by atomic mass is 10.0. The Labute approximate surface area is 197 Å². The Bertz CT molecular complexity index is 1320. The monoisotopic (exact) mass is 511 g/mol. The number of fused-ring (bicyclic) bond motifs is 1. The molecule has 0 bridgehead atoms. The van der Waals surface area contributed by atoms with Crippen LogP contribution in [0, 0.1) is 5.82 Å². The molecule has 5 nitrogen and oxygen atoms in total. The minimum Gasteiger partial charge on any atom is -0.478 e. The molecule has 1 aromatic heterocycles. The average molecular weight is 512 g/mol. The van der Waals surface area contributed by atoms with Crippen LogP contribution in [0.3, 0.4) is 0 Å². The number of hydrogen-bond donors (Lipinski definition) is 2. The molecule has 0 aliphatic carbocycles. The maximum Gasteiger partial charge on any atom is 0.336 e. The van der Waals surface area contributed by atoms with Gasteiger partial charge in [0.25, 0.3) is 0 Å². The van der Waals surface area contributed by atoms with Crippen LogP contribution in [0.5, 0.6) is 0 Å². The molecule has 32 heavy (non-hydrogen) atoms. The van der Waals surface area contributed by atoms with E-state index in [9.17, 15) is 14.3 Å². The van der Waals surface area contributed by atoms with E-state index in [4.69, 9.17) is 0 Å². The predicted molar refractivity (Wildman–Crippen MR) is 130 cm³/mol. The van der Waals surface area contributed by atoms with E-state index in [1.54, 1.807) is 18.2 Å². The fourth-order valence-corrected chi connectivity index (χ4v) is 4.80. The number of nitrogens with one attached hydrogen (secondary N) is 1. The van der Waals surface area contributed by atoms with Crippen LogP contribution in [0.15, 0.2) is 70.3 Å². The van der Waals surface area contributed by atoms with Crippen LogP contribution < -0.4 is 5.32 Å². The van der Waals surface area contributed by atoms with Crippen LogP contribution in [-0.2, 0) is 6.42 Å². The lowest BCUT2D eigenvalue weighted by Crippen LogP contribution is -2.08. The molecule has 4 rings (SSSR count). The quantitative estimate of drug-likeness (QED) is 0.284. The molecule has 0 aliphatic rings. The third kappa shape index (κ3) is 4.61. The first-order valence-electron chi connectivity index (χ1n) is 9.81. The smallest absolute Gasteiger partial charge is 0.336 e. The van der Waals surface area contributed by atoms with Gasteiger partial charge in [-0.05, 0) is 41.8 Å². The van der Waals surface area contributed by atoms with Crippen molar-refractivity contribution in [2.24, 2.45) is 0 Å². The summed E-state index contributed by atoms with van der Waals surface area (Å²) in [5.74, 6) is -0.542. The molecule has 3 aromatic carbocycles. The number of aromatic carboxylic acids is 1. The highest BCUT2D eigenvalue weighted by Gasteiger charge is 2.13. The number of halogens is 2. The molecule has 0 aliphatic heterocycles. The number of hydrogen-bond acceptors (Lipinski definition) is 5. The molecular formula is C24H19BrFN3O2S. The van der Waals surface area contributed by atoms with Gasteiger partial charge in [0.15, 0.2) is 0 Å². The summed E-state index contributed by atoms with van der Waals surface area (Å²) < 4.78 is 15.0. The zero-order chi connectivity index (χ0) is 22.7. The highest BCUT2D eigenvalue weighted by molar-refractivity contribution is 9.10. The summed E-state index contributed by atoms with van der Waals surface area (Å²) in [6.07, 6.45) is 3.99. The zero-order valence-corrected chi connectivity index (χ0v) is 19.5. The van der Waals surface area contributed by atoms with E-state index in [0.717, 1.165) is 21.0 Å². The van der Waals surface area contributed by atoms with E-state index < -0.39 is 5.97 Å². The number of carboxylic acid groups (broad SMARTS) is 1. The van der Waals surface area contributed by atoms with Crippen molar-refractivity contribution in [2.75, 3.05) is 18.1 Å². The normalized spacial score (nSPS) is 11.0. The fourth-order valence-electron chi connectivity index (χ4n) is 3.57. The molecule has 4 aromatic rings. The molecule has 162 valence electrons. The van der Waals surface area contributed by atoms with Crippen molar-refractivity contribution in [3.63, 3.8) is 0 Å². The van der Waals surface area contributed by atoms with Crippen molar-refractivity contribution < 1.29 is 14.3 Å². The number of rotatable bonds is 7. The highest BCUT2D eigenvalue weighted by atomic mass is 79.9. The largest absolute Gasteiger partial charge is 0.478 e. The molecule has 0 radical (unpaired) electrons. The Kier molecular flexibility index (Phi) is 6.72. The zero-order valence-electron chi connectivity index (χ0n) is 17.1. The fraction of sp³-hybridized carbons (Fsp3) is 0.125. The second kappa shape index (κ2) is 9.67. The van der Waals surface area contributed by atoms with E-state index in [2.05, 4.69) is 31.2 Å². The van der Waals surface area contributed by atoms with Crippen LogP contribution in [0.2, 0.25) is 0 Å². The lowest BCUT2D eigenvalue weighted by Gasteiger charge is -2.12. The van der Waals surface area contributed by atoms with Crippen LogP contribution in [0.4, 0.5) is 10.2 Å². The predicted octanol–water partition coefficient (Wildman–Crippen LogP) is 6.27. The van der Waals surface area contributed by atoms with Gasteiger partial charge in [-0.25, -0.2) is 19.2 Å². The van der Waals surface area contributed by atoms with Gasteiger partial charge in [-0.1, -0.05) is 46.3 Å². The topological polar surface area (TPSA) is 75.1 Å². The minimum absolute atomic E-state index is 0.247. The Morgan fingerprint density at radius 2 is 1.91 bits per heavy atom. The number of nitrogens with zero attached hydrogens (tertiary/aromatic N) is 2. The summed E-state index contributed by atoms with van der Waals surface area (Å²) in [5, 5.41) is 14.1. The third-order valence-electron chi connectivity index (χ3n) is 5.13. The van der Waals surface area contributed by atoms with E-state index in [0.29, 0.717) is 34.8 Å². The van der Waals surface area contributed by atoms with Crippen LogP contribution in [-0.4, -0.2) is 33.8 Å². The van der Waals surface area contributed by atoms with Crippen molar-refractivity contribution >= 4 is 50.3 Å². The first-order valence-corrected chi connectivity index (χ1v) is 11.8. The first-order chi connectivity index (χ1) is 15.5. The lowest BCUT2D eigenvalue weighted by molar-refractivity contribution is 0.0693. The van der Waals surface area contributed by atoms with Crippen LogP contribution in [0.1, 0.15) is 15.9 Å². The summed E-state index contributed by atoms with van der Waals surface area (Å²) in [6, 6.07) is 15.9. The number of carboxylic acids is 1. The van der Waals surface area contributed by atoms with Gasteiger partial charge >= 0.3 is 5.97 Å². The Hall–Kier alpha value is -2.97. The van der Waals surface area contributed by atoms with Gasteiger partial charge < -0.3 is 10.4 Å². The SMILES string of the molecule is CSc1cc(-c2cc(NCCc3c(Br)cc(F)c4ccccc34)ncn2)ccc1C(=O)O. The summed E-state index contributed by atoms with van der Waals surface area (Å²) in [7, 11) is 0. The number of carbonyl (C=O) groups is 1. The molecular weight excluding hydrogens is 493 g/mol. The molecule has 0 saturated heterocycles. The van der Waals surface area contributed by atoms with E-state index in [-0.39, 0.29) is 11.4 Å². The molecule has 0 fully saturated rings. The van der Waals surface area contributed by atoms with Gasteiger partial charge in [-0.3, -0.25) is 0 Å². The Morgan fingerprint density at radius 1 is 1.12 bits per heavy atom. The van der Waals surface area contributed by atoms with Crippen molar-refractivity contribution in [3.8, 4) is 11.3 Å². The number of anilines is 1. The highest BCUT2D eigenvalue weighted by Crippen LogP contribution is 2.30. The Balaban J connectivity index is 1.53. The standard InChI is InChI=1S/C24H19BrFN3O2S/c1-32-22-10-14(6-7-18(22)24(30)31)21-12-23(29-13-28-21)27-9-8-16-15-4-2-3-5-17(15)20(26)11-19(16)25/h2-7,10-13H,8-9H2,1H3,(H,30,31)(H,27,28,29). The van der Waals surface area contributed by atoms with Gasteiger partial charge in [0.1, 0.15) is 18.0 Å². The van der Waals surface area contributed by atoms with Crippen molar-refractivity contribution in [1.82, 2.24) is 9.97 Å². The maximum atomic E-state index is 14.2. The molecule has 0 spiro atoms. The van der Waals surface area contributed by atoms with Crippen molar-refractivity contribution in [1.29, 1.82) is 0 Å². The number of benzene rings is 3. The molecule has 0 atom stereocenters. The van der Waals surface area contributed by atoms with Crippen LogP contribution in [0.25, 0.3) is 22.0 Å². The minimum atomic E-state index is -0.953. The number of aromatic nitrogens is 2. The molecule has 0 saturated carbocycles. The van der Waals surface area contributed by atoms with Gasteiger partial charge in [0.05, 0.1) is 11.3 Å². The summed E-state index contributed by atoms with van der Waals surface area (Å²) in [6.45, 7) is 0.596. The molecule has 0 unspecified atom stereocenters. The van der Waals surface area contributed by atoms with E-state index in [1.807, 2.05) is 36.6 Å². The van der Waals surface area contributed by atoms with E-state index >= 15 is 0 Å². The summed E-state index contributed by atoms with van der Waals surface area (Å²) >= 11 is 4.87. The summed E-state index contributed by atoms with van der Waals surface area (Å²) in [5.41, 5.74) is 2.81. The van der Waals surface area contributed by atoms with Gasteiger partial charge in [0.2, 0.25) is 0 Å². The summed E-state index contributed by atoms with van der Waals surface area (Å²) in [4.78, 5) is 20.7. The van der Waals surface area contributed by atoms with Crippen molar-refractivity contribution in [2.45, 2.75) is 11.3 Å². The van der Waals surface area contributed by atoms with Gasteiger partial charge in [-0.2, -0.15) is 0 Å². The maximum absolute atomic E-state index is 14.2.